The molecule has 1 amide bonds. The van der Waals surface area contributed by atoms with Crippen LogP contribution < -0.4 is 10.6 Å². The van der Waals surface area contributed by atoms with E-state index in [-0.39, 0.29) is 21.4 Å². The summed E-state index contributed by atoms with van der Waals surface area (Å²) in [5.41, 5.74) is 0.937. The van der Waals surface area contributed by atoms with Gasteiger partial charge in [0.15, 0.2) is 5.11 Å². The number of anilines is 1. The van der Waals surface area contributed by atoms with Gasteiger partial charge in [-0.2, -0.15) is 0 Å². The number of amides is 1. The molecule has 25 heavy (non-hydrogen) atoms. The minimum Gasteiger partial charge on any atom is -0.507 e. The Morgan fingerprint density at radius 3 is 2.48 bits per heavy atom. The number of phenolic OH excluding ortho intramolecular Hbond substituents is 1. The van der Waals surface area contributed by atoms with Gasteiger partial charge in [0.1, 0.15) is 5.75 Å². The third-order valence-corrected chi connectivity index (χ3v) is 4.30. The van der Waals surface area contributed by atoms with Crippen molar-refractivity contribution in [3.63, 3.8) is 0 Å². The zero-order valence-electron chi connectivity index (χ0n) is 12.7. The van der Waals surface area contributed by atoms with Crippen molar-refractivity contribution in [1.29, 1.82) is 0 Å². The fourth-order valence-electron chi connectivity index (χ4n) is 2.40. The third kappa shape index (κ3) is 3.85. The predicted molar refractivity (Wildman–Crippen MR) is 106 cm³/mol. The summed E-state index contributed by atoms with van der Waals surface area (Å²) in [6.45, 7) is 0. The topological polar surface area (TPSA) is 61.4 Å². The molecule has 0 heterocycles. The molecular formula is C18H12Cl2N2O2S. The Morgan fingerprint density at radius 2 is 1.72 bits per heavy atom. The van der Waals surface area contributed by atoms with Crippen LogP contribution in [0.15, 0.2) is 54.6 Å². The second kappa shape index (κ2) is 7.27. The third-order valence-electron chi connectivity index (χ3n) is 3.55. The largest absolute Gasteiger partial charge is 0.507 e. The Balaban J connectivity index is 1.79. The van der Waals surface area contributed by atoms with E-state index in [2.05, 4.69) is 10.6 Å². The van der Waals surface area contributed by atoms with Crippen LogP contribution in [-0.4, -0.2) is 16.1 Å². The fraction of sp³-hybridized carbons (Fsp3) is 0. The van der Waals surface area contributed by atoms with Crippen LogP contribution >= 0.6 is 35.4 Å². The number of hydrogen-bond acceptors (Lipinski definition) is 3. The molecule has 0 aliphatic rings. The van der Waals surface area contributed by atoms with E-state index < -0.39 is 5.91 Å². The minimum atomic E-state index is -0.442. The fourth-order valence-corrected chi connectivity index (χ4v) is 3.10. The Labute approximate surface area is 159 Å². The number of carbonyl (C=O) groups is 1. The molecule has 3 N–H and O–H groups in total. The summed E-state index contributed by atoms with van der Waals surface area (Å²) in [7, 11) is 0. The normalized spacial score (nSPS) is 10.5. The quantitative estimate of drug-likeness (QED) is 0.540. The highest BCUT2D eigenvalue weighted by Crippen LogP contribution is 2.29. The molecule has 0 fully saturated rings. The molecule has 0 spiro atoms. The Morgan fingerprint density at radius 1 is 1.00 bits per heavy atom. The van der Waals surface area contributed by atoms with Crippen LogP contribution in [0.3, 0.4) is 0 Å². The van der Waals surface area contributed by atoms with Gasteiger partial charge in [-0.05, 0) is 42.5 Å². The van der Waals surface area contributed by atoms with Crippen LogP contribution in [0.5, 0.6) is 5.75 Å². The number of fused-ring (bicyclic) bond motifs is 1. The zero-order chi connectivity index (χ0) is 18.0. The van der Waals surface area contributed by atoms with E-state index in [1.165, 1.54) is 12.1 Å². The molecule has 0 unspecified atom stereocenters. The number of nitrogens with one attached hydrogen (secondary N) is 2. The highest BCUT2D eigenvalue weighted by Gasteiger charge is 2.13. The van der Waals surface area contributed by atoms with E-state index >= 15 is 0 Å². The summed E-state index contributed by atoms with van der Waals surface area (Å²) < 4.78 is 0. The van der Waals surface area contributed by atoms with Crippen molar-refractivity contribution in [2.24, 2.45) is 0 Å². The minimum absolute atomic E-state index is 0.117. The average molecular weight is 391 g/mol. The maximum Gasteiger partial charge on any atom is 0.258 e. The second-order valence-corrected chi connectivity index (χ2v) is 6.46. The number of halogens is 2. The maximum absolute atomic E-state index is 12.3. The number of phenols is 1. The van der Waals surface area contributed by atoms with Crippen molar-refractivity contribution in [1.82, 2.24) is 5.32 Å². The van der Waals surface area contributed by atoms with Gasteiger partial charge in [-0.1, -0.05) is 47.5 Å². The molecule has 3 aromatic carbocycles. The van der Waals surface area contributed by atoms with Gasteiger partial charge in [-0.25, -0.2) is 0 Å². The lowest BCUT2D eigenvalue weighted by Crippen LogP contribution is -2.34. The van der Waals surface area contributed by atoms with Crippen molar-refractivity contribution in [3.05, 3.63) is 70.2 Å². The van der Waals surface area contributed by atoms with E-state index in [9.17, 15) is 9.90 Å². The van der Waals surface area contributed by atoms with Crippen molar-refractivity contribution in [3.8, 4) is 5.75 Å². The first-order valence-electron chi connectivity index (χ1n) is 7.24. The van der Waals surface area contributed by atoms with Crippen LogP contribution in [0, 0.1) is 0 Å². The number of carbonyl (C=O) groups excluding carboxylic acids is 1. The summed E-state index contributed by atoms with van der Waals surface area (Å²) in [6, 6.07) is 15.2. The first kappa shape index (κ1) is 17.5. The van der Waals surface area contributed by atoms with Gasteiger partial charge in [-0.3, -0.25) is 10.1 Å². The van der Waals surface area contributed by atoms with Gasteiger partial charge in [0.2, 0.25) is 0 Å². The molecule has 4 nitrogen and oxygen atoms in total. The first-order chi connectivity index (χ1) is 12.0. The van der Waals surface area contributed by atoms with Gasteiger partial charge in [0.25, 0.3) is 5.91 Å². The smallest absolute Gasteiger partial charge is 0.258 e. The van der Waals surface area contributed by atoms with Crippen LogP contribution in [0.25, 0.3) is 10.8 Å². The first-order valence-corrected chi connectivity index (χ1v) is 8.40. The van der Waals surface area contributed by atoms with Gasteiger partial charge in [-0.15, -0.1) is 0 Å². The van der Waals surface area contributed by atoms with Gasteiger partial charge < -0.3 is 10.4 Å². The van der Waals surface area contributed by atoms with E-state index in [1.54, 1.807) is 36.4 Å². The number of benzene rings is 3. The average Bonchev–Trinajstić information content (AvgIpc) is 2.55. The zero-order valence-corrected chi connectivity index (χ0v) is 15.0. The molecule has 0 aliphatic carbocycles. The van der Waals surface area contributed by atoms with Gasteiger partial charge in [0.05, 0.1) is 10.6 Å². The van der Waals surface area contributed by atoms with Gasteiger partial charge >= 0.3 is 0 Å². The van der Waals surface area contributed by atoms with E-state index in [0.717, 1.165) is 5.39 Å². The predicted octanol–water partition coefficient (Wildman–Crippen LogP) is 4.98. The Kier molecular flexibility index (Phi) is 5.08. The molecule has 0 atom stereocenters. The number of rotatable bonds is 2. The molecular weight excluding hydrogens is 379 g/mol. The summed E-state index contributed by atoms with van der Waals surface area (Å²) in [5.74, 6) is -0.272. The van der Waals surface area contributed by atoms with Crippen molar-refractivity contribution in [2.45, 2.75) is 0 Å². The monoisotopic (exact) mass is 390 g/mol. The van der Waals surface area contributed by atoms with Crippen LogP contribution in [0.2, 0.25) is 10.0 Å². The summed E-state index contributed by atoms with van der Waals surface area (Å²) in [4.78, 5) is 12.3. The molecule has 0 saturated carbocycles. The molecule has 0 radical (unpaired) electrons. The SMILES string of the molecule is O=C(NC(=S)Nc1cccc2c(O)cccc12)c1ccc(Cl)cc1Cl. The lowest BCUT2D eigenvalue weighted by molar-refractivity contribution is 0.0978. The summed E-state index contributed by atoms with van der Waals surface area (Å²) in [5, 5.41) is 17.7. The number of hydrogen-bond donors (Lipinski definition) is 3. The molecule has 0 aliphatic heterocycles. The molecule has 126 valence electrons. The van der Waals surface area contributed by atoms with Crippen molar-refractivity contribution >= 4 is 62.9 Å². The standard InChI is InChI=1S/C18H12Cl2N2O2S/c19-10-7-8-13(14(20)9-10)17(24)22-18(25)21-15-5-1-4-12-11(15)3-2-6-16(12)23/h1-9,23H,(H2,21,22,24,25). The highest BCUT2D eigenvalue weighted by molar-refractivity contribution is 7.80. The van der Waals surface area contributed by atoms with E-state index in [0.29, 0.717) is 16.1 Å². The van der Waals surface area contributed by atoms with Crippen LogP contribution in [0.4, 0.5) is 5.69 Å². The number of thiocarbonyl (C=S) groups is 1. The van der Waals surface area contributed by atoms with E-state index in [4.69, 9.17) is 35.4 Å². The number of aromatic hydroxyl groups is 1. The van der Waals surface area contributed by atoms with Crippen molar-refractivity contribution < 1.29 is 9.90 Å². The molecule has 3 aromatic rings. The maximum atomic E-state index is 12.3. The highest BCUT2D eigenvalue weighted by atomic mass is 35.5. The van der Waals surface area contributed by atoms with E-state index in [1.807, 2.05) is 6.07 Å². The lowest BCUT2D eigenvalue weighted by atomic mass is 10.1. The molecule has 7 heteroatoms. The summed E-state index contributed by atoms with van der Waals surface area (Å²) in [6.07, 6.45) is 0. The molecule has 0 saturated heterocycles. The van der Waals surface area contributed by atoms with Gasteiger partial charge in [0, 0.05) is 21.5 Å². The molecule has 0 bridgehead atoms. The summed E-state index contributed by atoms with van der Waals surface area (Å²) >= 11 is 17.1. The van der Waals surface area contributed by atoms with Crippen molar-refractivity contribution in [2.75, 3.05) is 5.32 Å². The Bertz CT molecular complexity index is 992. The molecule has 0 aromatic heterocycles. The Hall–Kier alpha value is -2.34. The van der Waals surface area contributed by atoms with Crippen LogP contribution in [0.1, 0.15) is 10.4 Å². The molecule has 3 rings (SSSR count). The van der Waals surface area contributed by atoms with Crippen LogP contribution in [-0.2, 0) is 0 Å². The lowest BCUT2D eigenvalue weighted by Gasteiger charge is -2.13. The second-order valence-electron chi connectivity index (χ2n) is 5.21.